The lowest BCUT2D eigenvalue weighted by Crippen LogP contribution is -2.44. The summed E-state index contributed by atoms with van der Waals surface area (Å²) in [6, 6.07) is 3.89. The number of hydrogen-bond donors (Lipinski definition) is 2. The van der Waals surface area contributed by atoms with Gasteiger partial charge in [-0.1, -0.05) is 13.8 Å². The topological polar surface area (TPSA) is 56.9 Å². The van der Waals surface area contributed by atoms with E-state index in [1.54, 1.807) is 6.07 Å². The third kappa shape index (κ3) is 6.61. The molecule has 2 rings (SSSR count). The first-order chi connectivity index (χ1) is 12.7. The first kappa shape index (κ1) is 21.3. The minimum absolute atomic E-state index is 0.117. The number of rotatable bonds is 6. The van der Waals surface area contributed by atoms with Gasteiger partial charge in [0.15, 0.2) is 5.96 Å². The molecule has 0 unspecified atom stereocenters. The van der Waals surface area contributed by atoms with Crippen LogP contribution in [0.3, 0.4) is 0 Å². The minimum Gasteiger partial charge on any atom is -0.370 e. The Morgan fingerprint density at radius 1 is 1.22 bits per heavy atom. The van der Waals surface area contributed by atoms with Gasteiger partial charge in [-0.2, -0.15) is 13.2 Å². The van der Waals surface area contributed by atoms with Crippen molar-refractivity contribution in [2.45, 2.75) is 33.0 Å². The molecule has 27 heavy (non-hydrogen) atoms. The van der Waals surface area contributed by atoms with Gasteiger partial charge >= 0.3 is 6.18 Å². The predicted molar refractivity (Wildman–Crippen MR) is 104 cm³/mol. The van der Waals surface area contributed by atoms with E-state index in [4.69, 9.17) is 5.73 Å². The highest BCUT2D eigenvalue weighted by Crippen LogP contribution is 2.33. The van der Waals surface area contributed by atoms with Crippen molar-refractivity contribution < 1.29 is 13.2 Å². The van der Waals surface area contributed by atoms with Crippen molar-refractivity contribution in [2.75, 3.05) is 44.7 Å². The molecule has 0 amide bonds. The molecule has 1 aromatic carbocycles. The van der Waals surface area contributed by atoms with Crippen LogP contribution in [0.2, 0.25) is 0 Å². The fourth-order valence-electron chi connectivity index (χ4n) is 2.96. The Hall–Kier alpha value is -1.96. The molecule has 1 aliphatic heterocycles. The summed E-state index contributed by atoms with van der Waals surface area (Å²) in [7, 11) is 2.04. The van der Waals surface area contributed by atoms with Crippen molar-refractivity contribution in [1.29, 1.82) is 0 Å². The van der Waals surface area contributed by atoms with E-state index in [1.165, 1.54) is 6.07 Å². The van der Waals surface area contributed by atoms with Gasteiger partial charge in [0.1, 0.15) is 0 Å². The third-order valence-electron chi connectivity index (χ3n) is 4.70. The Morgan fingerprint density at radius 2 is 1.89 bits per heavy atom. The molecule has 1 aliphatic rings. The van der Waals surface area contributed by atoms with Crippen LogP contribution in [0.1, 0.15) is 31.4 Å². The van der Waals surface area contributed by atoms with E-state index in [0.717, 1.165) is 44.4 Å². The first-order valence-electron chi connectivity index (χ1n) is 9.34. The van der Waals surface area contributed by atoms with Gasteiger partial charge in [-0.15, -0.1) is 0 Å². The van der Waals surface area contributed by atoms with Crippen LogP contribution < -0.4 is 16.0 Å². The number of halogens is 3. The van der Waals surface area contributed by atoms with Crippen molar-refractivity contribution in [1.82, 2.24) is 10.2 Å². The SMILES string of the molecule is CC(C)CCNC(N)=NCc1cc(C(F)(F)F)ccc1N1CCN(C)CC1. The van der Waals surface area contributed by atoms with Crippen LogP contribution in [-0.4, -0.2) is 50.6 Å². The standard InChI is InChI=1S/C19H30F3N5/c1-14(2)6-7-24-18(23)25-13-15-12-16(19(20,21)22)4-5-17(15)27-10-8-26(3)9-11-27/h4-5,12,14H,6-11,13H2,1-3H3,(H3,23,24,25). The molecule has 8 heteroatoms. The highest BCUT2D eigenvalue weighted by Gasteiger charge is 2.31. The van der Waals surface area contributed by atoms with Crippen LogP contribution in [0, 0.1) is 5.92 Å². The molecule has 0 aromatic heterocycles. The van der Waals surface area contributed by atoms with Crippen LogP contribution in [-0.2, 0) is 12.7 Å². The van der Waals surface area contributed by atoms with Gasteiger partial charge in [0.2, 0.25) is 0 Å². The van der Waals surface area contributed by atoms with Gasteiger partial charge in [-0.05, 0) is 43.1 Å². The van der Waals surface area contributed by atoms with Gasteiger partial charge < -0.3 is 20.9 Å². The number of benzene rings is 1. The lowest BCUT2D eigenvalue weighted by Gasteiger charge is -2.35. The lowest BCUT2D eigenvalue weighted by molar-refractivity contribution is -0.137. The molecule has 0 radical (unpaired) electrons. The maximum absolute atomic E-state index is 13.1. The Morgan fingerprint density at radius 3 is 2.48 bits per heavy atom. The molecule has 1 heterocycles. The highest BCUT2D eigenvalue weighted by molar-refractivity contribution is 5.77. The average Bonchev–Trinajstić information content (AvgIpc) is 2.59. The van der Waals surface area contributed by atoms with Gasteiger partial charge in [0.05, 0.1) is 12.1 Å². The molecule has 1 aromatic rings. The number of nitrogens with zero attached hydrogens (tertiary/aromatic N) is 3. The smallest absolute Gasteiger partial charge is 0.370 e. The summed E-state index contributed by atoms with van der Waals surface area (Å²) < 4.78 is 39.4. The summed E-state index contributed by atoms with van der Waals surface area (Å²) in [5.41, 5.74) is 6.56. The van der Waals surface area contributed by atoms with Crippen molar-refractivity contribution in [3.63, 3.8) is 0 Å². The van der Waals surface area contributed by atoms with Crippen molar-refractivity contribution in [3.05, 3.63) is 29.3 Å². The summed E-state index contributed by atoms with van der Waals surface area (Å²) in [6.45, 7) is 8.35. The van der Waals surface area contributed by atoms with E-state index in [9.17, 15) is 13.2 Å². The maximum atomic E-state index is 13.1. The molecular formula is C19H30F3N5. The molecular weight excluding hydrogens is 355 g/mol. The number of alkyl halides is 3. The number of guanidine groups is 1. The number of anilines is 1. The normalized spacial score (nSPS) is 16.9. The van der Waals surface area contributed by atoms with Crippen molar-refractivity contribution in [3.8, 4) is 0 Å². The summed E-state index contributed by atoms with van der Waals surface area (Å²) >= 11 is 0. The van der Waals surface area contributed by atoms with Crippen LogP contribution in [0.15, 0.2) is 23.2 Å². The highest BCUT2D eigenvalue weighted by atomic mass is 19.4. The van der Waals surface area contributed by atoms with Crippen LogP contribution >= 0.6 is 0 Å². The molecule has 0 spiro atoms. The van der Waals surface area contributed by atoms with E-state index in [0.29, 0.717) is 18.0 Å². The zero-order valence-electron chi connectivity index (χ0n) is 16.3. The molecule has 5 nitrogen and oxygen atoms in total. The number of piperazine rings is 1. The van der Waals surface area contributed by atoms with Crippen LogP contribution in [0.25, 0.3) is 0 Å². The van der Waals surface area contributed by atoms with E-state index >= 15 is 0 Å². The molecule has 1 fully saturated rings. The second-order valence-corrected chi connectivity index (χ2v) is 7.44. The quantitative estimate of drug-likeness (QED) is 0.584. The molecule has 0 aliphatic carbocycles. The van der Waals surface area contributed by atoms with Crippen molar-refractivity contribution in [2.24, 2.45) is 16.6 Å². The third-order valence-corrected chi connectivity index (χ3v) is 4.70. The Balaban J connectivity index is 2.17. The van der Waals surface area contributed by atoms with Gasteiger partial charge in [0.25, 0.3) is 0 Å². The van der Waals surface area contributed by atoms with Gasteiger partial charge in [0, 0.05) is 38.4 Å². The monoisotopic (exact) mass is 385 g/mol. The summed E-state index contributed by atoms with van der Waals surface area (Å²) in [4.78, 5) is 8.59. The van der Waals surface area contributed by atoms with E-state index in [-0.39, 0.29) is 12.5 Å². The zero-order valence-corrected chi connectivity index (χ0v) is 16.3. The largest absolute Gasteiger partial charge is 0.416 e. The Kier molecular flexibility index (Phi) is 7.35. The lowest BCUT2D eigenvalue weighted by atomic mass is 10.1. The summed E-state index contributed by atoms with van der Waals surface area (Å²) in [5.74, 6) is 0.801. The van der Waals surface area contributed by atoms with Gasteiger partial charge in [-0.25, -0.2) is 4.99 Å². The number of nitrogens with two attached hydrogens (primary N) is 1. The van der Waals surface area contributed by atoms with Crippen molar-refractivity contribution >= 4 is 11.6 Å². The number of likely N-dealkylation sites (N-methyl/N-ethyl adjacent to an activating group) is 1. The first-order valence-corrected chi connectivity index (χ1v) is 9.34. The summed E-state index contributed by atoms with van der Waals surface area (Å²) in [6.07, 6.45) is -3.42. The second kappa shape index (κ2) is 9.30. The average molecular weight is 385 g/mol. The molecule has 0 saturated carbocycles. The number of hydrogen-bond acceptors (Lipinski definition) is 3. The molecule has 0 bridgehead atoms. The molecule has 3 N–H and O–H groups in total. The molecule has 152 valence electrons. The second-order valence-electron chi connectivity index (χ2n) is 7.44. The maximum Gasteiger partial charge on any atom is 0.416 e. The summed E-state index contributed by atoms with van der Waals surface area (Å²) in [5, 5.41) is 3.02. The molecule has 1 saturated heterocycles. The van der Waals surface area contributed by atoms with E-state index in [2.05, 4.69) is 34.0 Å². The van der Waals surface area contributed by atoms with Gasteiger partial charge in [-0.3, -0.25) is 0 Å². The van der Waals surface area contributed by atoms with Crippen LogP contribution in [0.4, 0.5) is 18.9 Å². The fraction of sp³-hybridized carbons (Fsp3) is 0.632. The fourth-order valence-corrected chi connectivity index (χ4v) is 2.96. The zero-order chi connectivity index (χ0) is 20.0. The van der Waals surface area contributed by atoms with E-state index < -0.39 is 11.7 Å². The van der Waals surface area contributed by atoms with E-state index in [1.807, 2.05) is 7.05 Å². The van der Waals surface area contributed by atoms with Crippen LogP contribution in [0.5, 0.6) is 0 Å². The Bertz CT molecular complexity index is 635. The molecule has 0 atom stereocenters. The number of nitrogens with one attached hydrogen (secondary N) is 1. The Labute approximate surface area is 159 Å². The minimum atomic E-state index is -4.37. The number of aliphatic imine (C=N–C) groups is 1. The predicted octanol–water partition coefficient (Wildman–Crippen LogP) is 2.91.